The zero-order valence-electron chi connectivity index (χ0n) is 14.5. The number of fused-ring (bicyclic) bond motifs is 1. The van der Waals surface area contributed by atoms with Crippen LogP contribution in [0.2, 0.25) is 0 Å². The quantitative estimate of drug-likeness (QED) is 0.847. The second-order valence-corrected chi connectivity index (χ2v) is 6.35. The molecule has 1 N–H and O–H groups in total. The molecule has 0 radical (unpaired) electrons. The van der Waals surface area contributed by atoms with E-state index in [-0.39, 0.29) is 12.0 Å². The van der Waals surface area contributed by atoms with Gasteiger partial charge >= 0.3 is 0 Å². The van der Waals surface area contributed by atoms with Gasteiger partial charge in [0, 0.05) is 32.7 Å². The third-order valence-electron chi connectivity index (χ3n) is 4.51. The van der Waals surface area contributed by atoms with Gasteiger partial charge in [0.2, 0.25) is 0 Å². The number of ether oxygens (including phenoxy) is 2. The van der Waals surface area contributed by atoms with Crippen LogP contribution in [0.5, 0.6) is 0 Å². The Morgan fingerprint density at radius 3 is 3.17 bits per heavy atom. The molecule has 2 atom stereocenters. The van der Waals surface area contributed by atoms with Crippen LogP contribution < -0.4 is 5.32 Å². The number of hydrogen-bond donors (Lipinski definition) is 1. The Bertz CT molecular complexity index is 575. The van der Waals surface area contributed by atoms with Crippen molar-refractivity contribution in [2.75, 3.05) is 31.6 Å². The summed E-state index contributed by atoms with van der Waals surface area (Å²) < 4.78 is 11.3. The Kier molecular flexibility index (Phi) is 5.63. The Morgan fingerprint density at radius 2 is 2.42 bits per heavy atom. The number of nitrogens with one attached hydrogen (secondary N) is 1. The largest absolute Gasteiger partial charge is 0.376 e. The van der Waals surface area contributed by atoms with Crippen LogP contribution in [0.15, 0.2) is 6.07 Å². The number of aromatic nitrogens is 2. The normalized spacial score (nSPS) is 21.4. The minimum absolute atomic E-state index is 0.0282. The van der Waals surface area contributed by atoms with Gasteiger partial charge in [-0.1, -0.05) is 0 Å². The summed E-state index contributed by atoms with van der Waals surface area (Å²) in [6.07, 6.45) is 2.52. The van der Waals surface area contributed by atoms with Crippen LogP contribution in [0.1, 0.15) is 37.9 Å². The summed E-state index contributed by atoms with van der Waals surface area (Å²) in [4.78, 5) is 14.5. The second kappa shape index (κ2) is 7.90. The maximum Gasteiger partial charge on any atom is 0.251 e. The lowest BCUT2D eigenvalue weighted by Gasteiger charge is -2.30. The highest BCUT2D eigenvalue weighted by Gasteiger charge is 2.27. The summed E-state index contributed by atoms with van der Waals surface area (Å²) in [6.45, 7) is 7.15. The molecule has 2 aliphatic heterocycles. The molecule has 3 rings (SSSR count). The molecule has 1 aromatic heterocycles. The molecule has 132 valence electrons. The molecule has 0 saturated carbocycles. The zero-order chi connectivity index (χ0) is 16.9. The van der Waals surface area contributed by atoms with Crippen LogP contribution in [0.3, 0.4) is 0 Å². The number of amides is 1. The van der Waals surface area contributed by atoms with E-state index in [1.165, 1.54) is 0 Å². The molecule has 1 fully saturated rings. The molecular formula is C17H26N4O3. The molecular weight excluding hydrogens is 308 g/mol. The number of nitrogens with zero attached hydrogens (tertiary/aromatic N) is 3. The summed E-state index contributed by atoms with van der Waals surface area (Å²) >= 11 is 0. The third kappa shape index (κ3) is 4.02. The summed E-state index contributed by atoms with van der Waals surface area (Å²) in [7, 11) is 0. The van der Waals surface area contributed by atoms with E-state index in [1.54, 1.807) is 0 Å². The number of rotatable bonds is 6. The van der Waals surface area contributed by atoms with E-state index in [1.807, 2.05) is 24.8 Å². The Hall–Kier alpha value is -1.73. The fourth-order valence-electron chi connectivity index (χ4n) is 3.14. The fraction of sp³-hybridized carbons (Fsp3) is 0.706. The van der Waals surface area contributed by atoms with Crippen molar-refractivity contribution < 1.29 is 14.3 Å². The van der Waals surface area contributed by atoms with Crippen LogP contribution in [-0.4, -0.2) is 59.5 Å². The molecule has 1 saturated heterocycles. The lowest BCUT2D eigenvalue weighted by Crippen LogP contribution is -2.43. The highest BCUT2D eigenvalue weighted by atomic mass is 16.5. The standard InChI is InChI=1S/C17H26N4O3/c1-3-18-16-9-13-10-21(7-6-15(13)19-20-16)17(22)12(2)24-11-14-5-4-8-23-14/h9,12,14H,3-8,10-11H2,1-2H3,(H,18,20). The number of hydrogen-bond acceptors (Lipinski definition) is 6. The molecule has 7 nitrogen and oxygen atoms in total. The van der Waals surface area contributed by atoms with E-state index < -0.39 is 6.10 Å². The van der Waals surface area contributed by atoms with Gasteiger partial charge in [0.05, 0.1) is 18.4 Å². The van der Waals surface area contributed by atoms with Crippen LogP contribution >= 0.6 is 0 Å². The molecule has 2 aliphatic rings. The molecule has 7 heteroatoms. The van der Waals surface area contributed by atoms with E-state index >= 15 is 0 Å². The van der Waals surface area contributed by atoms with Crippen molar-refractivity contribution in [2.45, 2.75) is 51.9 Å². The third-order valence-corrected chi connectivity index (χ3v) is 4.51. The van der Waals surface area contributed by atoms with Crippen LogP contribution in [0.25, 0.3) is 0 Å². The molecule has 24 heavy (non-hydrogen) atoms. The van der Waals surface area contributed by atoms with Crippen LogP contribution in [0.4, 0.5) is 5.82 Å². The van der Waals surface area contributed by atoms with Crippen molar-refractivity contribution in [3.8, 4) is 0 Å². The second-order valence-electron chi connectivity index (χ2n) is 6.35. The van der Waals surface area contributed by atoms with Gasteiger partial charge in [0.1, 0.15) is 11.9 Å². The maximum absolute atomic E-state index is 12.6. The van der Waals surface area contributed by atoms with Crippen LogP contribution in [-0.2, 0) is 27.2 Å². The average Bonchev–Trinajstić information content (AvgIpc) is 3.12. The summed E-state index contributed by atoms with van der Waals surface area (Å²) in [6, 6.07) is 1.99. The van der Waals surface area contributed by atoms with Gasteiger partial charge in [0.15, 0.2) is 0 Å². The zero-order valence-corrected chi connectivity index (χ0v) is 14.5. The Labute approximate surface area is 142 Å². The molecule has 0 aromatic carbocycles. The predicted octanol–water partition coefficient (Wildman–Crippen LogP) is 1.38. The van der Waals surface area contributed by atoms with Crippen molar-refractivity contribution in [3.63, 3.8) is 0 Å². The van der Waals surface area contributed by atoms with Gasteiger partial charge in [-0.15, -0.1) is 5.10 Å². The predicted molar refractivity (Wildman–Crippen MR) is 89.7 cm³/mol. The molecule has 1 amide bonds. The van der Waals surface area contributed by atoms with Crippen molar-refractivity contribution in [2.24, 2.45) is 0 Å². The lowest BCUT2D eigenvalue weighted by atomic mass is 10.1. The minimum atomic E-state index is -0.446. The summed E-state index contributed by atoms with van der Waals surface area (Å²) in [5.74, 6) is 0.786. The average molecular weight is 334 g/mol. The number of carbonyl (C=O) groups excluding carboxylic acids is 1. The van der Waals surface area contributed by atoms with Crippen molar-refractivity contribution in [1.29, 1.82) is 0 Å². The first-order chi connectivity index (χ1) is 11.7. The van der Waals surface area contributed by atoms with Crippen molar-refractivity contribution in [1.82, 2.24) is 15.1 Å². The van der Waals surface area contributed by atoms with Gasteiger partial charge in [-0.25, -0.2) is 0 Å². The van der Waals surface area contributed by atoms with E-state index in [2.05, 4.69) is 15.5 Å². The highest BCUT2D eigenvalue weighted by molar-refractivity contribution is 5.80. The molecule has 0 bridgehead atoms. The lowest BCUT2D eigenvalue weighted by molar-refractivity contribution is -0.145. The fourth-order valence-corrected chi connectivity index (χ4v) is 3.14. The first kappa shape index (κ1) is 17.1. The van der Waals surface area contributed by atoms with Gasteiger partial charge in [-0.3, -0.25) is 4.79 Å². The summed E-state index contributed by atoms with van der Waals surface area (Å²) in [5.41, 5.74) is 2.04. The van der Waals surface area contributed by atoms with Gasteiger partial charge in [0.25, 0.3) is 5.91 Å². The molecule has 0 aliphatic carbocycles. The number of carbonyl (C=O) groups is 1. The smallest absolute Gasteiger partial charge is 0.251 e. The Morgan fingerprint density at radius 1 is 1.54 bits per heavy atom. The monoisotopic (exact) mass is 334 g/mol. The molecule has 2 unspecified atom stereocenters. The van der Waals surface area contributed by atoms with Crippen molar-refractivity contribution >= 4 is 11.7 Å². The summed E-state index contributed by atoms with van der Waals surface area (Å²) in [5, 5.41) is 11.6. The first-order valence-corrected chi connectivity index (χ1v) is 8.78. The highest BCUT2D eigenvalue weighted by Crippen LogP contribution is 2.20. The molecule has 3 heterocycles. The Balaban J connectivity index is 1.56. The topological polar surface area (TPSA) is 76.6 Å². The minimum Gasteiger partial charge on any atom is -0.376 e. The van der Waals surface area contributed by atoms with E-state index in [9.17, 15) is 4.79 Å². The van der Waals surface area contributed by atoms with Crippen LogP contribution in [0, 0.1) is 0 Å². The van der Waals surface area contributed by atoms with Gasteiger partial charge in [-0.05, 0) is 38.3 Å². The number of anilines is 1. The maximum atomic E-state index is 12.6. The van der Waals surface area contributed by atoms with Crippen molar-refractivity contribution in [3.05, 3.63) is 17.3 Å². The first-order valence-electron chi connectivity index (χ1n) is 8.78. The molecule has 0 spiro atoms. The van der Waals surface area contributed by atoms with Gasteiger partial charge in [-0.2, -0.15) is 5.10 Å². The van der Waals surface area contributed by atoms with E-state index in [0.29, 0.717) is 19.7 Å². The molecule has 1 aromatic rings. The van der Waals surface area contributed by atoms with E-state index in [4.69, 9.17) is 9.47 Å². The van der Waals surface area contributed by atoms with Gasteiger partial charge < -0.3 is 19.7 Å². The SMILES string of the molecule is CCNc1cc2c(nn1)CCN(C(=O)C(C)OCC1CCCO1)C2. The van der Waals surface area contributed by atoms with E-state index in [0.717, 1.165) is 49.5 Å².